The highest BCUT2D eigenvalue weighted by atomic mass is 32.2. The molecule has 2 aliphatic heterocycles. The van der Waals surface area contributed by atoms with E-state index >= 15 is 0 Å². The average molecular weight is 740 g/mol. The molecule has 0 radical (unpaired) electrons. The Morgan fingerprint density at radius 2 is 1.67 bits per heavy atom. The molecule has 51 heavy (non-hydrogen) atoms. The van der Waals surface area contributed by atoms with Crippen molar-refractivity contribution in [2.24, 2.45) is 0 Å². The fourth-order valence-electron chi connectivity index (χ4n) is 5.34. The number of fused-ring (bicyclic) bond motifs is 1. The lowest BCUT2D eigenvalue weighted by atomic mass is 10.0. The number of aromatic nitrogens is 3. The highest BCUT2D eigenvalue weighted by molar-refractivity contribution is 8.02. The molecule has 1 fully saturated rings. The van der Waals surface area contributed by atoms with Crippen molar-refractivity contribution < 1.29 is 37.9 Å². The predicted molar refractivity (Wildman–Crippen MR) is 187 cm³/mol. The molecule has 1 aromatic heterocycles. The van der Waals surface area contributed by atoms with Crippen LogP contribution in [0.25, 0.3) is 0 Å². The molecule has 17 heteroatoms. The van der Waals surface area contributed by atoms with Crippen LogP contribution in [0.15, 0.2) is 98.2 Å². The number of methoxy groups -OCH3 is 2. The van der Waals surface area contributed by atoms with E-state index in [4.69, 9.17) is 18.9 Å². The Balaban J connectivity index is 1.51. The second-order valence-electron chi connectivity index (χ2n) is 12.3. The first-order valence-electron chi connectivity index (χ1n) is 15.6. The maximum absolute atomic E-state index is 14.2. The van der Waals surface area contributed by atoms with Gasteiger partial charge in [0.2, 0.25) is 5.37 Å². The van der Waals surface area contributed by atoms with Gasteiger partial charge in [-0.3, -0.25) is 23.9 Å². The number of nitrogens with zero attached hydrogens (tertiary/aromatic N) is 3. The summed E-state index contributed by atoms with van der Waals surface area (Å²) in [6.07, 6.45) is -1.13. The molecule has 15 nitrogen and oxygen atoms in total. The Labute approximate surface area is 300 Å². The van der Waals surface area contributed by atoms with Crippen molar-refractivity contribution in [3.05, 3.63) is 115 Å². The normalized spacial score (nSPS) is 18.9. The van der Waals surface area contributed by atoms with Crippen LogP contribution in [0.1, 0.15) is 38.0 Å². The number of nitrogens with one attached hydrogen (secondary N) is 2. The van der Waals surface area contributed by atoms with Gasteiger partial charge in [-0.05, 0) is 54.6 Å². The monoisotopic (exact) mass is 739 g/mol. The second kappa shape index (κ2) is 16.1. The molecule has 0 aliphatic carbocycles. The maximum atomic E-state index is 14.2. The van der Waals surface area contributed by atoms with Gasteiger partial charge in [-0.1, -0.05) is 72.4 Å². The van der Waals surface area contributed by atoms with E-state index in [1.807, 2.05) is 12.1 Å². The Morgan fingerprint density at radius 3 is 2.24 bits per heavy atom. The Morgan fingerprint density at radius 1 is 1.06 bits per heavy atom. The van der Waals surface area contributed by atoms with Crippen molar-refractivity contribution in [3.8, 4) is 0 Å². The maximum Gasteiger partial charge on any atom is 0.408 e. The number of rotatable bonds is 12. The zero-order valence-corrected chi connectivity index (χ0v) is 30.0. The summed E-state index contributed by atoms with van der Waals surface area (Å²) in [6.45, 7) is 4.84. The topological polar surface area (TPSA) is 194 Å². The van der Waals surface area contributed by atoms with Gasteiger partial charge in [0.05, 0.1) is 6.54 Å². The first-order valence-corrected chi connectivity index (χ1v) is 17.9. The molecule has 2 aromatic carbocycles. The summed E-state index contributed by atoms with van der Waals surface area (Å²) in [7, 11) is 2.75. The van der Waals surface area contributed by atoms with E-state index in [1.54, 1.807) is 69.3 Å². The van der Waals surface area contributed by atoms with E-state index in [9.17, 15) is 28.5 Å². The van der Waals surface area contributed by atoms with E-state index in [2.05, 4.69) is 15.5 Å². The van der Waals surface area contributed by atoms with Gasteiger partial charge in [-0.2, -0.15) is 0 Å². The van der Waals surface area contributed by atoms with E-state index in [1.165, 1.54) is 25.7 Å². The number of thioether (sulfide) groups is 1. The third-order valence-corrected chi connectivity index (χ3v) is 10.1. The van der Waals surface area contributed by atoms with Crippen LogP contribution >= 0.6 is 11.8 Å². The van der Waals surface area contributed by atoms with Gasteiger partial charge in [-0.15, -0.1) is 5.10 Å². The van der Waals surface area contributed by atoms with Crippen molar-refractivity contribution in [2.45, 2.75) is 61.9 Å². The molecule has 0 saturated carbocycles. The van der Waals surface area contributed by atoms with Crippen molar-refractivity contribution in [2.75, 3.05) is 20.0 Å². The van der Waals surface area contributed by atoms with Crippen LogP contribution < -0.4 is 16.4 Å². The van der Waals surface area contributed by atoms with Gasteiger partial charge in [-0.25, -0.2) is 14.7 Å². The number of H-pyrrole nitrogens is 1. The van der Waals surface area contributed by atoms with Gasteiger partial charge in [0.1, 0.15) is 17.1 Å². The number of esters is 1. The number of ether oxygens (including phenoxy) is 4. The van der Waals surface area contributed by atoms with Crippen molar-refractivity contribution in [3.63, 3.8) is 0 Å². The number of carbonyl (C=O) groups excluding carboxylic acids is 3. The van der Waals surface area contributed by atoms with Gasteiger partial charge in [0.15, 0.2) is 23.6 Å². The summed E-state index contributed by atoms with van der Waals surface area (Å²) < 4.78 is 36.5. The molecule has 2 aliphatic rings. The molecule has 2 amide bonds. The number of aromatic amines is 1. The highest BCUT2D eigenvalue weighted by Crippen LogP contribution is 2.39. The van der Waals surface area contributed by atoms with Crippen LogP contribution in [0.4, 0.5) is 4.79 Å². The molecule has 3 unspecified atom stereocenters. The van der Waals surface area contributed by atoms with E-state index in [-0.39, 0.29) is 28.7 Å². The van der Waals surface area contributed by atoms with Crippen LogP contribution in [0.3, 0.4) is 0 Å². The largest absolute Gasteiger partial charge is 0.614 e. The molecule has 0 spiro atoms. The Hall–Kier alpha value is -4.68. The minimum absolute atomic E-state index is 0.0596. The number of hydrogen-bond acceptors (Lipinski definition) is 12. The first kappa shape index (κ1) is 37.6. The fourth-order valence-corrected chi connectivity index (χ4v) is 7.72. The molecular weight excluding hydrogens is 703 g/mol. The minimum Gasteiger partial charge on any atom is -0.614 e. The second-order valence-corrected chi connectivity index (χ2v) is 14.7. The van der Waals surface area contributed by atoms with Gasteiger partial charge in [0, 0.05) is 19.8 Å². The number of carbonyl (C=O) groups is 3. The number of allylic oxidation sites excluding steroid dienone is 1. The Kier molecular flexibility index (Phi) is 11.9. The van der Waals surface area contributed by atoms with Crippen molar-refractivity contribution in [1.29, 1.82) is 0 Å². The minimum atomic E-state index is -1.78. The lowest BCUT2D eigenvalue weighted by Gasteiger charge is -2.49. The quantitative estimate of drug-likeness (QED) is 0.0690. The molecule has 270 valence electrons. The van der Waals surface area contributed by atoms with Crippen LogP contribution in [-0.2, 0) is 46.3 Å². The fraction of sp³-hybridized carbons (Fsp3) is 0.353. The summed E-state index contributed by atoms with van der Waals surface area (Å²) in [5.41, 5.74) is -1.32. The summed E-state index contributed by atoms with van der Waals surface area (Å²) >= 11 is -0.871. The van der Waals surface area contributed by atoms with Crippen LogP contribution in [0.2, 0.25) is 0 Å². The number of β-lactam (4-membered cyclic amide) rings is 1. The number of benzene rings is 2. The lowest BCUT2D eigenvalue weighted by Crippen LogP contribution is -2.74. The third-order valence-electron chi connectivity index (χ3n) is 7.67. The summed E-state index contributed by atoms with van der Waals surface area (Å²) in [5, 5.41) is 9.07. The molecule has 3 atom stereocenters. The molecule has 2 N–H and O–H groups in total. The smallest absolute Gasteiger partial charge is 0.408 e. The standard InChI is InChI=1S/C34H37N5O10S2/c1-34(2,3)49-33(44)35-24-28(41)39-25(31(43)48-26(20-12-8-6-9-13-20)21-14-10-7-11-15-21)22(19-51(45)30(24)39)16-17-50-32-37-36-27(40)29(42)38(32)18-23(46-4)47-5/h6-17,23-24,26,30H,18-19H2,1-5H3,(H,35,44)(H,36,40). The molecular formula is C34H37N5O10S2. The van der Waals surface area contributed by atoms with Gasteiger partial charge >= 0.3 is 23.2 Å². The van der Waals surface area contributed by atoms with Crippen LogP contribution in [-0.4, -0.2) is 85.5 Å². The van der Waals surface area contributed by atoms with Crippen molar-refractivity contribution >= 4 is 40.9 Å². The lowest BCUT2D eigenvalue weighted by molar-refractivity contribution is -0.154. The van der Waals surface area contributed by atoms with E-state index in [0.29, 0.717) is 11.1 Å². The zero-order chi connectivity index (χ0) is 36.9. The predicted octanol–water partition coefficient (Wildman–Crippen LogP) is 2.57. The third kappa shape index (κ3) is 8.62. The highest BCUT2D eigenvalue weighted by Gasteiger charge is 2.61. The van der Waals surface area contributed by atoms with Crippen LogP contribution in [0.5, 0.6) is 0 Å². The van der Waals surface area contributed by atoms with E-state index < -0.39 is 69.7 Å². The zero-order valence-electron chi connectivity index (χ0n) is 28.4. The molecule has 0 bridgehead atoms. The summed E-state index contributed by atoms with van der Waals surface area (Å²) in [6, 6.07) is 16.9. The molecule has 3 heterocycles. The molecule has 3 aromatic rings. The number of hydrogen-bond donors (Lipinski definition) is 2. The number of amides is 2. The van der Waals surface area contributed by atoms with Gasteiger partial charge in [0.25, 0.3) is 5.91 Å². The molecule has 1 saturated heterocycles. The van der Waals surface area contributed by atoms with Crippen LogP contribution in [0, 0.1) is 0 Å². The van der Waals surface area contributed by atoms with Crippen molar-refractivity contribution in [1.82, 2.24) is 25.0 Å². The van der Waals surface area contributed by atoms with Gasteiger partial charge < -0.3 is 28.8 Å². The molecule has 5 rings (SSSR count). The Bertz CT molecular complexity index is 1880. The first-order chi connectivity index (χ1) is 24.3. The summed E-state index contributed by atoms with van der Waals surface area (Å²) in [5.74, 6) is -1.74. The summed E-state index contributed by atoms with van der Waals surface area (Å²) in [4.78, 5) is 66.3. The number of alkyl carbamates (subject to hydrolysis) is 1. The SMILES string of the molecule is COC(Cn1c(SC=CC2=C(C(=O)OC(c3ccccc3)c3ccccc3)N3C(=O)C(NC(=O)OC(C)(C)C)C3[S+]([O-])C2)n[nH]c(=O)c1=O)OC. The van der Waals surface area contributed by atoms with E-state index in [0.717, 1.165) is 21.2 Å². The average Bonchev–Trinajstić information content (AvgIpc) is 3.10.